The second-order valence-electron chi connectivity index (χ2n) is 6.01. The molecule has 1 atom stereocenters. The molecule has 0 heterocycles. The smallest absolute Gasteiger partial charge is 0.317 e. The lowest BCUT2D eigenvalue weighted by Crippen LogP contribution is -2.40. The van der Waals surface area contributed by atoms with E-state index in [1.807, 2.05) is 0 Å². The molecule has 0 aliphatic carbocycles. The number of hydrogen-bond acceptors (Lipinski definition) is 4. The van der Waals surface area contributed by atoms with Gasteiger partial charge in [0, 0.05) is 33.2 Å². The highest BCUT2D eigenvalue weighted by atomic mass is 32.2. The van der Waals surface area contributed by atoms with E-state index in [0.29, 0.717) is 13.1 Å². The Balaban J connectivity index is 2.68. The first-order chi connectivity index (χ1) is 12.1. The van der Waals surface area contributed by atoms with Gasteiger partial charge in [-0.1, -0.05) is 32.9 Å². The van der Waals surface area contributed by atoms with Crippen LogP contribution in [0.5, 0.6) is 0 Å². The third-order valence-corrected chi connectivity index (χ3v) is 6.09. The van der Waals surface area contributed by atoms with Gasteiger partial charge in [-0.05, 0) is 17.7 Å². The zero-order valence-corrected chi connectivity index (χ0v) is 16.4. The molecule has 2 amide bonds. The number of urea groups is 1. The van der Waals surface area contributed by atoms with E-state index in [9.17, 15) is 18.0 Å². The van der Waals surface area contributed by atoms with Crippen LogP contribution in [0.3, 0.4) is 0 Å². The lowest BCUT2D eigenvalue weighted by atomic mass is 10.2. The number of aliphatic carboxylic acids is 1. The molecule has 1 rings (SSSR count). The molecule has 1 unspecified atom stereocenters. The molecule has 2 N–H and O–H groups in total. The Labute approximate surface area is 154 Å². The van der Waals surface area contributed by atoms with E-state index in [-0.39, 0.29) is 18.0 Å². The van der Waals surface area contributed by atoms with Gasteiger partial charge in [-0.15, -0.1) is 0 Å². The fourth-order valence-electron chi connectivity index (χ4n) is 2.38. The van der Waals surface area contributed by atoms with Gasteiger partial charge in [0.2, 0.25) is 10.0 Å². The van der Waals surface area contributed by atoms with E-state index >= 15 is 0 Å². The van der Waals surface area contributed by atoms with E-state index in [1.165, 1.54) is 35.3 Å². The van der Waals surface area contributed by atoms with Gasteiger partial charge in [0.15, 0.2) is 0 Å². The molecule has 9 heteroatoms. The average Bonchev–Trinajstić information content (AvgIpc) is 2.60. The SMILES string of the molecule is CCN(CC)S(=O)(=O)c1ccc(CNC(=O)N(C)CC(C)C(=O)O)cc1. The Morgan fingerprint density at radius 1 is 1.15 bits per heavy atom. The van der Waals surface area contributed by atoms with Gasteiger partial charge >= 0.3 is 12.0 Å². The van der Waals surface area contributed by atoms with E-state index in [4.69, 9.17) is 5.11 Å². The van der Waals surface area contributed by atoms with E-state index < -0.39 is 27.9 Å². The molecular formula is C17H27N3O5S. The van der Waals surface area contributed by atoms with Crippen molar-refractivity contribution in [2.24, 2.45) is 5.92 Å². The molecule has 0 saturated heterocycles. The molecule has 1 aromatic rings. The van der Waals surface area contributed by atoms with Crippen molar-refractivity contribution in [1.82, 2.24) is 14.5 Å². The minimum atomic E-state index is -3.50. The molecule has 26 heavy (non-hydrogen) atoms. The number of rotatable bonds is 9. The molecular weight excluding hydrogens is 358 g/mol. The van der Waals surface area contributed by atoms with Crippen LogP contribution in [0.2, 0.25) is 0 Å². The first kappa shape index (κ1) is 21.9. The summed E-state index contributed by atoms with van der Waals surface area (Å²) in [7, 11) is -1.98. The summed E-state index contributed by atoms with van der Waals surface area (Å²) in [6.45, 7) is 6.22. The van der Waals surface area contributed by atoms with Gasteiger partial charge in [0.25, 0.3) is 0 Å². The van der Waals surface area contributed by atoms with Crippen LogP contribution in [-0.4, -0.2) is 61.4 Å². The summed E-state index contributed by atoms with van der Waals surface area (Å²) in [5.74, 6) is -1.62. The monoisotopic (exact) mass is 385 g/mol. The number of carboxylic acid groups (broad SMARTS) is 1. The average molecular weight is 385 g/mol. The minimum Gasteiger partial charge on any atom is -0.481 e. The maximum Gasteiger partial charge on any atom is 0.317 e. The van der Waals surface area contributed by atoms with Crippen molar-refractivity contribution in [3.63, 3.8) is 0 Å². The predicted molar refractivity (Wildman–Crippen MR) is 98.2 cm³/mol. The summed E-state index contributed by atoms with van der Waals surface area (Å²) in [5.41, 5.74) is 0.747. The molecule has 0 aliphatic rings. The van der Waals surface area contributed by atoms with Gasteiger partial charge < -0.3 is 15.3 Å². The first-order valence-electron chi connectivity index (χ1n) is 8.44. The first-order valence-corrected chi connectivity index (χ1v) is 9.88. The predicted octanol–water partition coefficient (Wildman–Crippen LogP) is 1.58. The molecule has 0 bridgehead atoms. The largest absolute Gasteiger partial charge is 0.481 e. The highest BCUT2D eigenvalue weighted by molar-refractivity contribution is 7.89. The van der Waals surface area contributed by atoms with Gasteiger partial charge in [-0.3, -0.25) is 4.79 Å². The standard InChI is InChI=1S/C17H27N3O5S/c1-5-20(6-2)26(24,25)15-9-7-14(8-10-15)11-18-17(23)19(4)12-13(3)16(21)22/h7-10,13H,5-6,11-12H2,1-4H3,(H,18,23)(H,21,22). The number of sulfonamides is 1. The molecule has 0 radical (unpaired) electrons. The molecule has 0 fully saturated rings. The number of carbonyl (C=O) groups is 2. The number of carbonyl (C=O) groups excluding carboxylic acids is 1. The fraction of sp³-hybridized carbons (Fsp3) is 0.529. The number of hydrogen-bond donors (Lipinski definition) is 2. The van der Waals surface area contributed by atoms with Gasteiger partial charge in [-0.2, -0.15) is 4.31 Å². The number of nitrogens with one attached hydrogen (secondary N) is 1. The summed E-state index contributed by atoms with van der Waals surface area (Å²) in [4.78, 5) is 24.3. The van der Waals surface area contributed by atoms with Crippen LogP contribution in [0.1, 0.15) is 26.3 Å². The fourth-order valence-corrected chi connectivity index (χ4v) is 3.83. The quantitative estimate of drug-likeness (QED) is 0.671. The Morgan fingerprint density at radius 3 is 2.15 bits per heavy atom. The van der Waals surface area contributed by atoms with E-state index in [1.54, 1.807) is 26.0 Å². The summed E-state index contributed by atoms with van der Waals surface area (Å²) in [6.07, 6.45) is 0. The lowest BCUT2D eigenvalue weighted by molar-refractivity contribution is -0.141. The van der Waals surface area contributed by atoms with Crippen LogP contribution in [-0.2, 0) is 21.4 Å². The van der Waals surface area contributed by atoms with Crippen LogP contribution in [0.25, 0.3) is 0 Å². The van der Waals surface area contributed by atoms with Crippen LogP contribution in [0.15, 0.2) is 29.2 Å². The van der Waals surface area contributed by atoms with Gasteiger partial charge in [0.05, 0.1) is 10.8 Å². The highest BCUT2D eigenvalue weighted by Gasteiger charge is 2.21. The number of benzene rings is 1. The third-order valence-electron chi connectivity index (χ3n) is 4.03. The number of amides is 2. The molecule has 0 saturated carbocycles. The van der Waals surface area contributed by atoms with Crippen molar-refractivity contribution in [3.8, 4) is 0 Å². The molecule has 146 valence electrons. The topological polar surface area (TPSA) is 107 Å². The van der Waals surface area contributed by atoms with Crippen molar-refractivity contribution in [3.05, 3.63) is 29.8 Å². The molecule has 0 spiro atoms. The van der Waals surface area contributed by atoms with Crippen LogP contribution < -0.4 is 5.32 Å². The van der Waals surface area contributed by atoms with Crippen molar-refractivity contribution >= 4 is 22.0 Å². The minimum absolute atomic E-state index is 0.0994. The normalized spacial score (nSPS) is 12.7. The molecule has 0 aromatic heterocycles. The molecule has 8 nitrogen and oxygen atoms in total. The summed E-state index contributed by atoms with van der Waals surface area (Å²) < 4.78 is 26.2. The third kappa shape index (κ3) is 5.70. The van der Waals surface area contributed by atoms with Crippen LogP contribution in [0, 0.1) is 5.92 Å². The second-order valence-corrected chi connectivity index (χ2v) is 7.95. The van der Waals surface area contributed by atoms with Crippen LogP contribution in [0.4, 0.5) is 4.79 Å². The second kappa shape index (κ2) is 9.54. The zero-order valence-electron chi connectivity index (χ0n) is 15.6. The number of carboxylic acids is 1. The van der Waals surface area contributed by atoms with E-state index in [2.05, 4.69) is 5.32 Å². The Bertz CT molecular complexity index is 714. The lowest BCUT2D eigenvalue weighted by Gasteiger charge is -2.20. The zero-order chi connectivity index (χ0) is 19.9. The Morgan fingerprint density at radius 2 is 1.69 bits per heavy atom. The van der Waals surface area contributed by atoms with Crippen molar-refractivity contribution in [1.29, 1.82) is 0 Å². The molecule has 1 aromatic carbocycles. The summed E-state index contributed by atoms with van der Waals surface area (Å²) in [6, 6.07) is 5.95. The Kier molecular flexibility index (Phi) is 8.04. The summed E-state index contributed by atoms with van der Waals surface area (Å²) >= 11 is 0. The van der Waals surface area contributed by atoms with Gasteiger partial charge in [0.1, 0.15) is 0 Å². The maximum atomic E-state index is 12.4. The number of nitrogens with zero attached hydrogens (tertiary/aromatic N) is 2. The van der Waals surface area contributed by atoms with E-state index in [0.717, 1.165) is 5.56 Å². The summed E-state index contributed by atoms with van der Waals surface area (Å²) in [5, 5.41) is 11.6. The van der Waals surface area contributed by atoms with Gasteiger partial charge in [-0.25, -0.2) is 13.2 Å². The van der Waals surface area contributed by atoms with Crippen molar-refractivity contribution < 1.29 is 23.1 Å². The molecule has 0 aliphatic heterocycles. The maximum absolute atomic E-state index is 12.4. The van der Waals surface area contributed by atoms with Crippen LogP contribution >= 0.6 is 0 Å². The Hall–Kier alpha value is -2.13. The highest BCUT2D eigenvalue weighted by Crippen LogP contribution is 2.16. The van der Waals surface area contributed by atoms with Crippen molar-refractivity contribution in [2.75, 3.05) is 26.7 Å². The van der Waals surface area contributed by atoms with Crippen molar-refractivity contribution in [2.45, 2.75) is 32.2 Å².